The molecule has 0 saturated heterocycles. The molecule has 1 aliphatic carbocycles. The Hall–Kier alpha value is -3.39. The van der Waals surface area contributed by atoms with Crippen molar-refractivity contribution in [2.45, 2.75) is 44.7 Å². The highest BCUT2D eigenvalue weighted by Gasteiger charge is 2.32. The fraction of sp³-hybridized carbons (Fsp3) is 0.400. The third-order valence-corrected chi connectivity index (χ3v) is 6.14. The Morgan fingerprint density at radius 3 is 2.09 bits per heavy atom. The number of alkyl carbamates (subject to hydrolysis) is 1. The first-order valence-electron chi connectivity index (χ1n) is 11.1. The molecule has 0 saturated carbocycles. The van der Waals surface area contributed by atoms with Crippen molar-refractivity contribution in [3.63, 3.8) is 0 Å². The minimum atomic E-state index is -1.25. The molecular weight excluding hydrogens is 424 g/mol. The summed E-state index contributed by atoms with van der Waals surface area (Å²) in [6, 6.07) is 13.8. The molecule has 0 bridgehead atoms. The molecule has 4 N–H and O–H groups in total. The first-order valence-corrected chi connectivity index (χ1v) is 11.1. The number of amides is 2. The molecule has 2 unspecified atom stereocenters. The molecule has 0 spiro atoms. The minimum Gasteiger partial charge on any atom is -0.480 e. The van der Waals surface area contributed by atoms with E-state index in [1.165, 1.54) is 0 Å². The van der Waals surface area contributed by atoms with Crippen LogP contribution in [0.25, 0.3) is 11.1 Å². The highest BCUT2D eigenvalue weighted by Crippen LogP contribution is 2.44. The Labute approximate surface area is 193 Å². The lowest BCUT2D eigenvalue weighted by atomic mass is 9.97. The van der Waals surface area contributed by atoms with Gasteiger partial charge in [-0.05, 0) is 28.2 Å². The number of rotatable bonds is 10. The number of nitrogens with one attached hydrogen (secondary N) is 2. The molecule has 0 heterocycles. The smallest absolute Gasteiger partial charge is 0.407 e. The van der Waals surface area contributed by atoms with Gasteiger partial charge in [0.2, 0.25) is 5.91 Å². The lowest BCUT2D eigenvalue weighted by Gasteiger charge is -2.25. The number of benzene rings is 2. The van der Waals surface area contributed by atoms with Gasteiger partial charge in [-0.1, -0.05) is 68.8 Å². The second-order valence-corrected chi connectivity index (χ2v) is 8.24. The molecule has 2 amide bonds. The maximum atomic E-state index is 12.7. The third-order valence-electron chi connectivity index (χ3n) is 6.14. The molecule has 8 nitrogen and oxygen atoms in total. The van der Waals surface area contributed by atoms with Crippen molar-refractivity contribution in [2.75, 3.05) is 13.2 Å². The number of aliphatic carboxylic acids is 1. The van der Waals surface area contributed by atoms with Crippen molar-refractivity contribution in [1.82, 2.24) is 10.6 Å². The van der Waals surface area contributed by atoms with Gasteiger partial charge in [-0.25, -0.2) is 9.59 Å². The van der Waals surface area contributed by atoms with Crippen molar-refractivity contribution in [1.29, 1.82) is 0 Å². The Morgan fingerprint density at radius 1 is 1.00 bits per heavy atom. The van der Waals surface area contributed by atoms with Crippen LogP contribution in [0.4, 0.5) is 4.79 Å². The molecule has 2 aromatic carbocycles. The molecule has 8 heteroatoms. The largest absolute Gasteiger partial charge is 0.480 e. The van der Waals surface area contributed by atoms with Crippen LogP contribution in [-0.2, 0) is 14.3 Å². The van der Waals surface area contributed by atoms with Crippen LogP contribution in [0.5, 0.6) is 0 Å². The van der Waals surface area contributed by atoms with Gasteiger partial charge in [0.1, 0.15) is 18.7 Å². The van der Waals surface area contributed by atoms with Crippen LogP contribution in [0, 0.1) is 5.92 Å². The quantitative estimate of drug-likeness (QED) is 0.438. The summed E-state index contributed by atoms with van der Waals surface area (Å²) in [5.41, 5.74) is 4.39. The normalized spacial score (nSPS) is 15.0. The molecule has 0 radical (unpaired) electrons. The van der Waals surface area contributed by atoms with E-state index in [1.807, 2.05) is 55.5 Å². The van der Waals surface area contributed by atoms with Gasteiger partial charge < -0.3 is 25.6 Å². The zero-order valence-electron chi connectivity index (χ0n) is 18.8. The SMILES string of the molecule is CCC(C)[C@H](NC(=O)OCC1c2ccccc2-c2ccccc21)C(=O)NC(CCO)C(=O)O. The number of aliphatic hydroxyl groups is 1. The van der Waals surface area contributed by atoms with Crippen LogP contribution in [0.2, 0.25) is 0 Å². The minimum absolute atomic E-state index is 0.108. The molecular formula is C25H30N2O6. The second-order valence-electron chi connectivity index (χ2n) is 8.24. The summed E-state index contributed by atoms with van der Waals surface area (Å²) < 4.78 is 5.53. The number of hydrogen-bond donors (Lipinski definition) is 4. The van der Waals surface area contributed by atoms with Gasteiger partial charge >= 0.3 is 12.1 Å². The number of ether oxygens (including phenoxy) is 1. The number of hydrogen-bond acceptors (Lipinski definition) is 5. The van der Waals surface area contributed by atoms with Gasteiger partial charge in [0, 0.05) is 18.9 Å². The van der Waals surface area contributed by atoms with Crippen LogP contribution in [0.1, 0.15) is 43.7 Å². The van der Waals surface area contributed by atoms with Crippen LogP contribution < -0.4 is 10.6 Å². The number of carbonyl (C=O) groups excluding carboxylic acids is 2. The van der Waals surface area contributed by atoms with E-state index in [9.17, 15) is 19.5 Å². The van der Waals surface area contributed by atoms with Gasteiger partial charge in [-0.2, -0.15) is 0 Å². The molecule has 0 fully saturated rings. The van der Waals surface area contributed by atoms with E-state index in [-0.39, 0.29) is 31.5 Å². The first kappa shape index (κ1) is 24.3. The summed E-state index contributed by atoms with van der Waals surface area (Å²) >= 11 is 0. The van der Waals surface area contributed by atoms with Crippen LogP contribution in [-0.4, -0.2) is 53.5 Å². The van der Waals surface area contributed by atoms with E-state index in [0.29, 0.717) is 6.42 Å². The zero-order valence-corrected chi connectivity index (χ0v) is 18.8. The lowest BCUT2D eigenvalue weighted by Crippen LogP contribution is -2.54. The Kier molecular flexibility index (Phi) is 8.06. The summed E-state index contributed by atoms with van der Waals surface area (Å²) in [7, 11) is 0. The molecule has 33 heavy (non-hydrogen) atoms. The molecule has 2 aromatic rings. The second kappa shape index (κ2) is 11.0. The molecule has 1 aliphatic rings. The first-order chi connectivity index (χ1) is 15.9. The Balaban J connectivity index is 1.68. The van der Waals surface area contributed by atoms with Crippen LogP contribution in [0.3, 0.4) is 0 Å². The molecule has 0 aromatic heterocycles. The van der Waals surface area contributed by atoms with Gasteiger partial charge in [0.15, 0.2) is 0 Å². The topological polar surface area (TPSA) is 125 Å². The highest BCUT2D eigenvalue weighted by molar-refractivity contribution is 5.89. The number of carbonyl (C=O) groups is 3. The van der Waals surface area contributed by atoms with Gasteiger partial charge in [0.05, 0.1) is 0 Å². The number of fused-ring (bicyclic) bond motifs is 3. The van der Waals surface area contributed by atoms with E-state index in [2.05, 4.69) is 10.6 Å². The summed E-state index contributed by atoms with van der Waals surface area (Å²) in [6.07, 6.45) is -0.287. The van der Waals surface area contributed by atoms with Gasteiger partial charge in [-0.3, -0.25) is 4.79 Å². The molecule has 3 atom stereocenters. The maximum absolute atomic E-state index is 12.7. The van der Waals surface area contributed by atoms with E-state index >= 15 is 0 Å². The zero-order chi connectivity index (χ0) is 24.0. The lowest BCUT2D eigenvalue weighted by molar-refractivity contribution is -0.142. The summed E-state index contributed by atoms with van der Waals surface area (Å²) in [6.45, 7) is 3.38. The van der Waals surface area contributed by atoms with E-state index in [4.69, 9.17) is 9.84 Å². The van der Waals surface area contributed by atoms with E-state index in [1.54, 1.807) is 6.92 Å². The number of carboxylic acid groups (broad SMARTS) is 1. The maximum Gasteiger partial charge on any atom is 0.407 e. The Bertz CT molecular complexity index is 962. The van der Waals surface area contributed by atoms with E-state index < -0.39 is 30.1 Å². The van der Waals surface area contributed by atoms with Crippen molar-refractivity contribution in [2.24, 2.45) is 5.92 Å². The summed E-state index contributed by atoms with van der Waals surface area (Å²) in [4.78, 5) is 36.7. The predicted molar refractivity (Wildman–Crippen MR) is 123 cm³/mol. The van der Waals surface area contributed by atoms with Gasteiger partial charge in [0.25, 0.3) is 0 Å². The Morgan fingerprint density at radius 2 is 1.58 bits per heavy atom. The van der Waals surface area contributed by atoms with Crippen molar-refractivity contribution < 1.29 is 29.3 Å². The highest BCUT2D eigenvalue weighted by atomic mass is 16.5. The number of aliphatic hydroxyl groups excluding tert-OH is 1. The summed E-state index contributed by atoms with van der Waals surface area (Å²) in [5.74, 6) is -2.24. The molecule has 0 aliphatic heterocycles. The fourth-order valence-electron chi connectivity index (χ4n) is 4.12. The standard InChI is InChI=1S/C25H30N2O6/c1-3-15(2)22(23(29)26-21(12-13-28)24(30)31)27-25(32)33-14-20-18-10-6-4-8-16(18)17-9-5-7-11-19(17)20/h4-11,15,20-22,28H,3,12-14H2,1-2H3,(H,26,29)(H,27,32)(H,30,31)/t15?,21?,22-/m0/s1. The van der Waals surface area contributed by atoms with Crippen LogP contribution >= 0.6 is 0 Å². The van der Waals surface area contributed by atoms with Crippen molar-refractivity contribution >= 4 is 18.0 Å². The monoisotopic (exact) mass is 454 g/mol. The van der Waals surface area contributed by atoms with Gasteiger partial charge in [-0.15, -0.1) is 0 Å². The van der Waals surface area contributed by atoms with Crippen molar-refractivity contribution in [3.8, 4) is 11.1 Å². The molecule has 3 rings (SSSR count). The summed E-state index contributed by atoms with van der Waals surface area (Å²) in [5, 5.41) is 23.3. The average Bonchev–Trinajstić information content (AvgIpc) is 3.14. The van der Waals surface area contributed by atoms with Crippen molar-refractivity contribution in [3.05, 3.63) is 59.7 Å². The van der Waals surface area contributed by atoms with E-state index in [0.717, 1.165) is 22.3 Å². The predicted octanol–water partition coefficient (Wildman–Crippen LogP) is 2.89. The fourth-order valence-corrected chi connectivity index (χ4v) is 4.12. The third kappa shape index (κ3) is 5.51. The van der Waals surface area contributed by atoms with Crippen LogP contribution in [0.15, 0.2) is 48.5 Å². The number of carboxylic acids is 1. The average molecular weight is 455 g/mol. The molecule has 176 valence electrons.